The fraction of sp³-hybridized carbons (Fsp3) is 0.357. The first-order chi connectivity index (χ1) is 7.59. The molecule has 0 saturated carbocycles. The molecule has 0 amide bonds. The van der Waals surface area contributed by atoms with E-state index in [0.29, 0.717) is 0 Å². The van der Waals surface area contributed by atoms with Gasteiger partial charge in [0.05, 0.1) is 6.10 Å². The summed E-state index contributed by atoms with van der Waals surface area (Å²) in [7, 11) is 0. The average Bonchev–Trinajstić information content (AvgIpc) is 2.24. The Morgan fingerprint density at radius 2 is 1.94 bits per heavy atom. The molecule has 0 aliphatic carbocycles. The maximum Gasteiger partial charge on any atom is 0.148 e. The number of ether oxygens (including phenoxy) is 1. The van der Waals surface area contributed by atoms with Gasteiger partial charge in [-0.05, 0) is 44.9 Å². The Bertz CT molecular complexity index is 517. The predicted molar refractivity (Wildman–Crippen MR) is 67.0 cm³/mol. The van der Waals surface area contributed by atoms with Gasteiger partial charge in [0, 0.05) is 11.6 Å². The second-order valence-electron chi connectivity index (χ2n) is 4.41. The van der Waals surface area contributed by atoms with Gasteiger partial charge < -0.3 is 4.74 Å². The first kappa shape index (κ1) is 10.9. The fourth-order valence-electron chi connectivity index (χ4n) is 1.94. The van der Waals surface area contributed by atoms with Crippen LogP contribution in [0.4, 0.5) is 0 Å². The minimum Gasteiger partial charge on any atom is -0.488 e. The summed E-state index contributed by atoms with van der Waals surface area (Å²) in [5, 5.41) is 1.17. The molecule has 1 heterocycles. The van der Waals surface area contributed by atoms with Crippen LogP contribution in [0, 0.1) is 13.8 Å². The lowest BCUT2D eigenvalue weighted by Gasteiger charge is -2.15. The average molecular weight is 215 g/mol. The first-order valence-corrected chi connectivity index (χ1v) is 5.61. The Morgan fingerprint density at radius 3 is 2.62 bits per heavy atom. The number of fused-ring (bicyclic) bond motifs is 1. The van der Waals surface area contributed by atoms with Crippen molar-refractivity contribution in [2.75, 3.05) is 0 Å². The van der Waals surface area contributed by atoms with Gasteiger partial charge in [0.2, 0.25) is 0 Å². The molecule has 0 unspecified atom stereocenters. The van der Waals surface area contributed by atoms with Crippen molar-refractivity contribution < 1.29 is 4.74 Å². The van der Waals surface area contributed by atoms with E-state index in [1.54, 1.807) is 0 Å². The molecule has 0 fully saturated rings. The van der Waals surface area contributed by atoms with E-state index in [-0.39, 0.29) is 6.10 Å². The van der Waals surface area contributed by atoms with Crippen LogP contribution in [0.15, 0.2) is 24.4 Å². The molecule has 0 N–H and O–H groups in total. The summed E-state index contributed by atoms with van der Waals surface area (Å²) in [5.74, 6) is 0.913. The molecule has 0 aliphatic heterocycles. The molecule has 0 saturated heterocycles. The predicted octanol–water partition coefficient (Wildman–Crippen LogP) is 3.64. The highest BCUT2D eigenvalue weighted by atomic mass is 16.5. The quantitative estimate of drug-likeness (QED) is 0.763. The number of pyridine rings is 1. The van der Waals surface area contributed by atoms with Gasteiger partial charge in [-0.15, -0.1) is 0 Å². The van der Waals surface area contributed by atoms with Crippen molar-refractivity contribution in [3.8, 4) is 5.75 Å². The van der Waals surface area contributed by atoms with Gasteiger partial charge in [-0.1, -0.05) is 12.1 Å². The molecule has 1 aromatic carbocycles. The molecule has 84 valence electrons. The van der Waals surface area contributed by atoms with E-state index in [4.69, 9.17) is 4.74 Å². The topological polar surface area (TPSA) is 22.1 Å². The van der Waals surface area contributed by atoms with Gasteiger partial charge in [-0.25, -0.2) is 0 Å². The Balaban J connectivity index is 2.71. The minimum absolute atomic E-state index is 0.173. The summed E-state index contributed by atoms with van der Waals surface area (Å²) in [6, 6.07) is 6.20. The third-order valence-electron chi connectivity index (χ3n) is 2.59. The molecule has 0 radical (unpaired) electrons. The van der Waals surface area contributed by atoms with E-state index in [1.165, 1.54) is 10.9 Å². The van der Waals surface area contributed by atoms with Crippen LogP contribution >= 0.6 is 0 Å². The summed E-state index contributed by atoms with van der Waals surface area (Å²) in [6.07, 6.45) is 1.99. The van der Waals surface area contributed by atoms with Gasteiger partial charge in [0.15, 0.2) is 0 Å². The van der Waals surface area contributed by atoms with Gasteiger partial charge >= 0.3 is 0 Å². The highest BCUT2D eigenvalue weighted by molar-refractivity contribution is 5.88. The molecule has 0 spiro atoms. The summed E-state index contributed by atoms with van der Waals surface area (Å²) in [4.78, 5) is 4.43. The molecule has 2 heteroatoms. The van der Waals surface area contributed by atoms with Crippen molar-refractivity contribution in [1.29, 1.82) is 0 Å². The Kier molecular flexibility index (Phi) is 2.82. The van der Waals surface area contributed by atoms with Crippen LogP contribution in [-0.2, 0) is 0 Å². The van der Waals surface area contributed by atoms with E-state index in [2.05, 4.69) is 31.0 Å². The Labute approximate surface area is 96.3 Å². The Hall–Kier alpha value is -1.57. The first-order valence-electron chi connectivity index (χ1n) is 5.61. The summed E-state index contributed by atoms with van der Waals surface area (Å²) < 4.78 is 5.85. The molecule has 1 aromatic heterocycles. The van der Waals surface area contributed by atoms with Crippen molar-refractivity contribution in [2.45, 2.75) is 33.8 Å². The standard InChI is InChI=1S/C14H17NO/c1-9(2)16-14-11(4)8-10(3)12-6-5-7-15-13(12)14/h5-9H,1-4H3. The van der Waals surface area contributed by atoms with Crippen LogP contribution in [-0.4, -0.2) is 11.1 Å². The molecule has 2 rings (SSSR count). The smallest absolute Gasteiger partial charge is 0.148 e. The van der Waals surface area contributed by atoms with Crippen molar-refractivity contribution >= 4 is 10.9 Å². The summed E-state index contributed by atoms with van der Waals surface area (Å²) >= 11 is 0. The molecular formula is C14H17NO. The van der Waals surface area contributed by atoms with Crippen LogP contribution < -0.4 is 4.74 Å². The van der Waals surface area contributed by atoms with Gasteiger partial charge in [-0.2, -0.15) is 0 Å². The SMILES string of the molecule is Cc1cc(C)c2cccnc2c1OC(C)C. The summed E-state index contributed by atoms with van der Waals surface area (Å²) in [5.41, 5.74) is 3.36. The second-order valence-corrected chi connectivity index (χ2v) is 4.41. The van der Waals surface area contributed by atoms with Crippen molar-refractivity contribution in [2.24, 2.45) is 0 Å². The molecule has 2 nitrogen and oxygen atoms in total. The molecular weight excluding hydrogens is 198 g/mol. The largest absolute Gasteiger partial charge is 0.488 e. The van der Waals surface area contributed by atoms with Crippen LogP contribution in [0.1, 0.15) is 25.0 Å². The third-order valence-corrected chi connectivity index (χ3v) is 2.59. The van der Waals surface area contributed by atoms with Crippen LogP contribution in [0.3, 0.4) is 0 Å². The summed E-state index contributed by atoms with van der Waals surface area (Å²) in [6.45, 7) is 8.25. The van der Waals surface area contributed by atoms with Crippen LogP contribution in [0.5, 0.6) is 5.75 Å². The van der Waals surface area contributed by atoms with E-state index in [0.717, 1.165) is 16.8 Å². The third kappa shape index (κ3) is 1.87. The fourth-order valence-corrected chi connectivity index (χ4v) is 1.94. The zero-order valence-electron chi connectivity index (χ0n) is 10.2. The highest BCUT2D eigenvalue weighted by Gasteiger charge is 2.10. The van der Waals surface area contributed by atoms with Gasteiger partial charge in [-0.3, -0.25) is 4.98 Å². The zero-order valence-corrected chi connectivity index (χ0v) is 10.2. The van der Waals surface area contributed by atoms with Gasteiger partial charge in [0.25, 0.3) is 0 Å². The van der Waals surface area contributed by atoms with E-state index in [9.17, 15) is 0 Å². The molecule has 16 heavy (non-hydrogen) atoms. The number of hydrogen-bond donors (Lipinski definition) is 0. The Morgan fingerprint density at radius 1 is 1.19 bits per heavy atom. The minimum atomic E-state index is 0.173. The van der Waals surface area contributed by atoms with Crippen molar-refractivity contribution in [3.05, 3.63) is 35.5 Å². The zero-order chi connectivity index (χ0) is 11.7. The van der Waals surface area contributed by atoms with Gasteiger partial charge in [0.1, 0.15) is 11.3 Å². The number of rotatable bonds is 2. The number of hydrogen-bond acceptors (Lipinski definition) is 2. The second kappa shape index (κ2) is 4.12. The van der Waals surface area contributed by atoms with E-state index < -0.39 is 0 Å². The normalized spacial score (nSPS) is 11.1. The van der Waals surface area contributed by atoms with Crippen LogP contribution in [0.25, 0.3) is 10.9 Å². The van der Waals surface area contributed by atoms with Crippen LogP contribution in [0.2, 0.25) is 0 Å². The maximum atomic E-state index is 5.85. The van der Waals surface area contributed by atoms with E-state index >= 15 is 0 Å². The highest BCUT2D eigenvalue weighted by Crippen LogP contribution is 2.30. The maximum absolute atomic E-state index is 5.85. The number of aryl methyl sites for hydroxylation is 2. The molecule has 0 bridgehead atoms. The lowest BCUT2D eigenvalue weighted by atomic mass is 10.0. The lowest BCUT2D eigenvalue weighted by Crippen LogP contribution is -2.07. The number of aromatic nitrogens is 1. The lowest BCUT2D eigenvalue weighted by molar-refractivity contribution is 0.243. The van der Waals surface area contributed by atoms with E-state index in [1.807, 2.05) is 26.1 Å². The molecule has 0 aliphatic rings. The van der Waals surface area contributed by atoms with Crippen molar-refractivity contribution in [3.63, 3.8) is 0 Å². The number of nitrogens with zero attached hydrogens (tertiary/aromatic N) is 1. The van der Waals surface area contributed by atoms with Crippen molar-refractivity contribution in [1.82, 2.24) is 4.98 Å². The molecule has 0 atom stereocenters. The molecule has 2 aromatic rings. The number of benzene rings is 1. The monoisotopic (exact) mass is 215 g/mol.